The molecule has 3 nitrogen and oxygen atoms in total. The lowest BCUT2D eigenvalue weighted by Gasteiger charge is -2.30. The maximum Gasteiger partial charge on any atom is 0.159 e. The third-order valence-corrected chi connectivity index (χ3v) is 5.33. The van der Waals surface area contributed by atoms with E-state index >= 15 is 0 Å². The van der Waals surface area contributed by atoms with E-state index in [1.807, 2.05) is 6.07 Å². The molecule has 1 atom stereocenters. The van der Waals surface area contributed by atoms with Crippen molar-refractivity contribution in [3.63, 3.8) is 0 Å². The molecule has 0 saturated heterocycles. The van der Waals surface area contributed by atoms with Crippen LogP contribution in [0.1, 0.15) is 12.5 Å². The van der Waals surface area contributed by atoms with Crippen LogP contribution in [0, 0.1) is 6.92 Å². The second-order valence-electron chi connectivity index (χ2n) is 7.02. The number of fused-ring (bicyclic) bond motifs is 2. The minimum atomic E-state index is 0.132. The molecule has 1 aliphatic rings. The van der Waals surface area contributed by atoms with Crippen LogP contribution in [-0.2, 0) is 0 Å². The molecule has 0 amide bonds. The fraction of sp³-hybridized carbons (Fsp3) is 0.125. The predicted octanol–water partition coefficient (Wildman–Crippen LogP) is 6.18. The number of anilines is 4. The Labute approximate surface area is 159 Å². The number of nitrogens with zero attached hydrogens (tertiary/aromatic N) is 3. The van der Waals surface area contributed by atoms with Crippen molar-refractivity contribution in [1.82, 2.24) is 4.98 Å². The first-order chi connectivity index (χ1) is 13.2. The van der Waals surface area contributed by atoms with Crippen LogP contribution in [0.5, 0.6) is 0 Å². The third-order valence-electron chi connectivity index (χ3n) is 5.33. The molecule has 0 bridgehead atoms. The second kappa shape index (κ2) is 6.13. The summed E-state index contributed by atoms with van der Waals surface area (Å²) in [4.78, 5) is 9.79. The minimum Gasteiger partial charge on any atom is -0.317 e. The number of aryl methyl sites for hydroxylation is 1. The Morgan fingerprint density at radius 1 is 0.741 bits per heavy atom. The number of rotatable bonds is 2. The van der Waals surface area contributed by atoms with E-state index in [-0.39, 0.29) is 6.17 Å². The van der Waals surface area contributed by atoms with Gasteiger partial charge in [-0.05, 0) is 49.7 Å². The molecule has 0 N–H and O–H groups in total. The molecular formula is C24H21N3. The topological polar surface area (TPSA) is 19.4 Å². The van der Waals surface area contributed by atoms with Crippen LogP contribution in [0.25, 0.3) is 10.9 Å². The average molecular weight is 351 g/mol. The van der Waals surface area contributed by atoms with E-state index in [4.69, 9.17) is 4.98 Å². The summed E-state index contributed by atoms with van der Waals surface area (Å²) in [5.41, 5.74) is 5.81. The van der Waals surface area contributed by atoms with Crippen LogP contribution in [0.15, 0.2) is 84.9 Å². The van der Waals surface area contributed by atoms with Gasteiger partial charge >= 0.3 is 0 Å². The summed E-state index contributed by atoms with van der Waals surface area (Å²) in [5.74, 6) is 1.01. The van der Waals surface area contributed by atoms with Gasteiger partial charge in [-0.15, -0.1) is 0 Å². The Kier molecular flexibility index (Phi) is 3.61. The Hall–Kier alpha value is -3.33. The van der Waals surface area contributed by atoms with Crippen molar-refractivity contribution < 1.29 is 0 Å². The number of para-hydroxylation sites is 3. The van der Waals surface area contributed by atoms with E-state index in [2.05, 4.69) is 103 Å². The third kappa shape index (κ3) is 2.47. The molecule has 0 saturated carbocycles. The molecule has 132 valence electrons. The monoisotopic (exact) mass is 351 g/mol. The van der Waals surface area contributed by atoms with Gasteiger partial charge in [0.1, 0.15) is 6.17 Å². The first-order valence-electron chi connectivity index (χ1n) is 9.33. The minimum absolute atomic E-state index is 0.132. The van der Waals surface area contributed by atoms with Gasteiger partial charge in [0.2, 0.25) is 0 Å². The number of pyridine rings is 1. The van der Waals surface area contributed by atoms with Crippen LogP contribution in [-0.4, -0.2) is 11.1 Å². The van der Waals surface area contributed by atoms with Crippen LogP contribution >= 0.6 is 0 Å². The quantitative estimate of drug-likeness (QED) is 0.430. The highest BCUT2D eigenvalue weighted by Crippen LogP contribution is 2.48. The average Bonchev–Trinajstić information content (AvgIpc) is 2.98. The van der Waals surface area contributed by atoms with Gasteiger partial charge in [-0.25, -0.2) is 4.98 Å². The first kappa shape index (κ1) is 15.9. The highest BCUT2D eigenvalue weighted by atomic mass is 15.4. The van der Waals surface area contributed by atoms with Crippen molar-refractivity contribution in [2.75, 3.05) is 9.80 Å². The van der Waals surface area contributed by atoms with Crippen molar-refractivity contribution in [1.29, 1.82) is 0 Å². The predicted molar refractivity (Wildman–Crippen MR) is 113 cm³/mol. The van der Waals surface area contributed by atoms with E-state index in [9.17, 15) is 0 Å². The van der Waals surface area contributed by atoms with Crippen molar-refractivity contribution in [2.24, 2.45) is 0 Å². The Morgan fingerprint density at radius 3 is 2.26 bits per heavy atom. The largest absolute Gasteiger partial charge is 0.317 e. The van der Waals surface area contributed by atoms with Crippen LogP contribution < -0.4 is 9.80 Å². The highest BCUT2D eigenvalue weighted by molar-refractivity contribution is 5.94. The lowest BCUT2D eigenvalue weighted by atomic mass is 10.1. The molecule has 1 unspecified atom stereocenters. The smallest absolute Gasteiger partial charge is 0.159 e. The summed E-state index contributed by atoms with van der Waals surface area (Å²) in [6.45, 7) is 4.40. The lowest BCUT2D eigenvalue weighted by Crippen LogP contribution is -2.35. The van der Waals surface area contributed by atoms with Gasteiger partial charge in [-0.3, -0.25) is 0 Å². The first-order valence-corrected chi connectivity index (χ1v) is 9.33. The SMILES string of the molecule is Cc1ccccc1N1c2nc3ccccc3cc2N(c2ccccc2)C1C. The van der Waals surface area contributed by atoms with Crippen molar-refractivity contribution in [2.45, 2.75) is 20.0 Å². The molecule has 0 spiro atoms. The normalized spacial score (nSPS) is 16.0. The molecule has 27 heavy (non-hydrogen) atoms. The standard InChI is InChI=1S/C24H21N3/c1-17-10-6-9-15-22(17)27-18(2)26(20-12-4-3-5-13-20)23-16-19-11-7-8-14-21(19)25-24(23)27/h3-16,18H,1-2H3. The zero-order valence-corrected chi connectivity index (χ0v) is 15.5. The Bertz CT molecular complexity index is 1120. The molecule has 2 heterocycles. The molecule has 0 aliphatic carbocycles. The Morgan fingerprint density at radius 2 is 1.44 bits per heavy atom. The summed E-state index contributed by atoms with van der Waals surface area (Å²) in [5, 5.41) is 1.16. The van der Waals surface area contributed by atoms with E-state index < -0.39 is 0 Å². The molecule has 3 heteroatoms. The van der Waals surface area contributed by atoms with E-state index in [0.29, 0.717) is 0 Å². The number of benzene rings is 3. The van der Waals surface area contributed by atoms with Gasteiger partial charge in [0.05, 0.1) is 11.2 Å². The summed E-state index contributed by atoms with van der Waals surface area (Å²) in [6.07, 6.45) is 0.132. The van der Waals surface area contributed by atoms with E-state index in [1.165, 1.54) is 16.9 Å². The number of aromatic nitrogens is 1. The maximum absolute atomic E-state index is 5.07. The second-order valence-corrected chi connectivity index (χ2v) is 7.02. The van der Waals surface area contributed by atoms with Gasteiger partial charge < -0.3 is 9.80 Å². The highest BCUT2D eigenvalue weighted by Gasteiger charge is 2.36. The molecule has 1 aromatic heterocycles. The number of hydrogen-bond acceptors (Lipinski definition) is 3. The Balaban J connectivity index is 1.78. The van der Waals surface area contributed by atoms with Gasteiger partial charge in [0.25, 0.3) is 0 Å². The van der Waals surface area contributed by atoms with Crippen molar-refractivity contribution in [3.05, 3.63) is 90.5 Å². The van der Waals surface area contributed by atoms with Crippen LogP contribution in [0.2, 0.25) is 0 Å². The lowest BCUT2D eigenvalue weighted by molar-refractivity contribution is 0.756. The number of hydrogen-bond donors (Lipinski definition) is 0. The van der Waals surface area contributed by atoms with Gasteiger partial charge in [0.15, 0.2) is 5.82 Å². The molecule has 0 fully saturated rings. The summed E-state index contributed by atoms with van der Waals surface area (Å²) in [6, 6.07) is 29.7. The van der Waals surface area contributed by atoms with Crippen molar-refractivity contribution >= 4 is 33.8 Å². The van der Waals surface area contributed by atoms with Crippen LogP contribution in [0.4, 0.5) is 22.9 Å². The van der Waals surface area contributed by atoms with Gasteiger partial charge in [-0.1, -0.05) is 54.6 Å². The maximum atomic E-state index is 5.07. The molecule has 1 aliphatic heterocycles. The fourth-order valence-corrected chi connectivity index (χ4v) is 4.04. The summed E-state index contributed by atoms with van der Waals surface area (Å²) < 4.78 is 0. The van der Waals surface area contributed by atoms with E-state index in [0.717, 1.165) is 22.4 Å². The van der Waals surface area contributed by atoms with E-state index in [1.54, 1.807) is 0 Å². The zero-order valence-electron chi connectivity index (χ0n) is 15.5. The zero-order chi connectivity index (χ0) is 18.4. The molecule has 0 radical (unpaired) electrons. The molecular weight excluding hydrogens is 330 g/mol. The fourth-order valence-electron chi connectivity index (χ4n) is 4.04. The summed E-state index contributed by atoms with van der Waals surface area (Å²) in [7, 11) is 0. The molecule has 4 aromatic rings. The van der Waals surface area contributed by atoms with Gasteiger partial charge in [-0.2, -0.15) is 0 Å². The summed E-state index contributed by atoms with van der Waals surface area (Å²) >= 11 is 0. The van der Waals surface area contributed by atoms with Gasteiger partial charge in [0, 0.05) is 16.8 Å². The van der Waals surface area contributed by atoms with Crippen molar-refractivity contribution in [3.8, 4) is 0 Å². The van der Waals surface area contributed by atoms with Crippen LogP contribution in [0.3, 0.4) is 0 Å². The molecule has 3 aromatic carbocycles. The molecule has 5 rings (SSSR count).